The average Bonchev–Trinajstić information content (AvgIpc) is 3.06. The predicted octanol–water partition coefficient (Wildman–Crippen LogP) is 0.475. The number of hydrogen-bond donors (Lipinski definition) is 2. The van der Waals surface area contributed by atoms with Crippen molar-refractivity contribution in [2.45, 2.75) is 45.1 Å². The Morgan fingerprint density at radius 2 is 2.10 bits per heavy atom. The van der Waals surface area contributed by atoms with E-state index in [1.54, 1.807) is 13.8 Å². The van der Waals surface area contributed by atoms with Gasteiger partial charge in [-0.1, -0.05) is 23.8 Å². The highest BCUT2D eigenvalue weighted by atomic mass is 32.2. The van der Waals surface area contributed by atoms with Gasteiger partial charge in [0.2, 0.25) is 15.9 Å². The molecule has 0 radical (unpaired) electrons. The topological polar surface area (TPSA) is 105 Å². The summed E-state index contributed by atoms with van der Waals surface area (Å²) >= 11 is 0. The lowest BCUT2D eigenvalue weighted by Gasteiger charge is -2.36. The Morgan fingerprint density at radius 3 is 2.76 bits per heavy atom. The van der Waals surface area contributed by atoms with Crippen LogP contribution >= 0.6 is 0 Å². The second-order valence-corrected chi connectivity index (χ2v) is 10.6. The minimum atomic E-state index is -3.63. The molecular formula is C20H29N3O5S. The lowest BCUT2D eigenvalue weighted by Crippen LogP contribution is -2.62. The lowest BCUT2D eigenvalue weighted by molar-refractivity contribution is -0.163. The Morgan fingerprint density at radius 1 is 1.38 bits per heavy atom. The Labute approximate surface area is 172 Å². The van der Waals surface area contributed by atoms with E-state index in [2.05, 4.69) is 10.6 Å². The number of carbonyl (C=O) groups is 2. The monoisotopic (exact) mass is 423 g/mol. The number of amides is 2. The van der Waals surface area contributed by atoms with Crippen LogP contribution in [-0.4, -0.2) is 61.6 Å². The number of nitrogens with one attached hydrogen (secondary N) is 2. The van der Waals surface area contributed by atoms with E-state index in [4.69, 9.17) is 4.74 Å². The number of nitrogens with zero attached hydrogens (tertiary/aromatic N) is 1. The highest BCUT2D eigenvalue weighted by molar-refractivity contribution is 7.89. The van der Waals surface area contributed by atoms with Gasteiger partial charge in [-0.25, -0.2) is 8.42 Å². The zero-order valence-electron chi connectivity index (χ0n) is 17.3. The molecule has 0 unspecified atom stereocenters. The molecule has 2 amide bonds. The molecule has 8 nitrogen and oxygen atoms in total. The second kappa shape index (κ2) is 8.04. The van der Waals surface area contributed by atoms with E-state index in [0.29, 0.717) is 13.1 Å². The van der Waals surface area contributed by atoms with Gasteiger partial charge in [-0.15, -0.1) is 0 Å². The van der Waals surface area contributed by atoms with Crippen molar-refractivity contribution in [2.24, 2.45) is 5.92 Å². The summed E-state index contributed by atoms with van der Waals surface area (Å²) in [5, 5.41) is 4.96. The third kappa shape index (κ3) is 4.04. The van der Waals surface area contributed by atoms with Crippen molar-refractivity contribution in [1.82, 2.24) is 14.9 Å². The van der Waals surface area contributed by atoms with E-state index < -0.39 is 32.7 Å². The first-order chi connectivity index (χ1) is 13.6. The highest BCUT2D eigenvalue weighted by Crippen LogP contribution is 2.36. The van der Waals surface area contributed by atoms with E-state index >= 15 is 0 Å². The van der Waals surface area contributed by atoms with Gasteiger partial charge in [0, 0.05) is 19.6 Å². The minimum Gasteiger partial charge on any atom is -0.361 e. The predicted molar refractivity (Wildman–Crippen MR) is 109 cm³/mol. The molecule has 160 valence electrons. The van der Waals surface area contributed by atoms with Gasteiger partial charge in [-0.3, -0.25) is 9.59 Å². The Bertz CT molecular complexity index is 915. The van der Waals surface area contributed by atoms with Crippen LogP contribution in [0.3, 0.4) is 0 Å². The molecule has 2 aliphatic heterocycles. The van der Waals surface area contributed by atoms with Crippen molar-refractivity contribution >= 4 is 21.8 Å². The molecule has 2 atom stereocenters. The molecule has 29 heavy (non-hydrogen) atoms. The van der Waals surface area contributed by atoms with Gasteiger partial charge in [0.15, 0.2) is 5.60 Å². The lowest BCUT2D eigenvalue weighted by atomic mass is 9.87. The molecule has 2 fully saturated rings. The molecular weight excluding hydrogens is 394 g/mol. The Hall–Kier alpha value is -1.97. The van der Waals surface area contributed by atoms with Crippen LogP contribution in [-0.2, 0) is 30.9 Å². The molecule has 0 saturated carbocycles. The molecule has 2 saturated heterocycles. The molecule has 3 rings (SSSR count). The number of ether oxygens (including phenoxy) is 1. The fraction of sp³-hybridized carbons (Fsp3) is 0.600. The summed E-state index contributed by atoms with van der Waals surface area (Å²) in [7, 11) is -3.63. The van der Waals surface area contributed by atoms with Crippen LogP contribution in [0.25, 0.3) is 0 Å². The molecule has 0 aromatic heterocycles. The number of carbonyl (C=O) groups excluding carboxylic acids is 2. The van der Waals surface area contributed by atoms with E-state index in [9.17, 15) is 18.0 Å². The minimum absolute atomic E-state index is 0.0768. The fourth-order valence-electron chi connectivity index (χ4n) is 3.86. The SMILES string of the molecule is Cc1ccc(C)c(CNC(=O)[C@H]2CN(S(=O)(=O)C(C)C)C[C@@]23OCCNC3=O)c1. The van der Waals surface area contributed by atoms with Crippen molar-refractivity contribution in [1.29, 1.82) is 0 Å². The van der Waals surface area contributed by atoms with Crippen molar-refractivity contribution < 1.29 is 22.7 Å². The van der Waals surface area contributed by atoms with Gasteiger partial charge in [-0.2, -0.15) is 4.31 Å². The maximum atomic E-state index is 13.1. The van der Waals surface area contributed by atoms with Crippen LogP contribution in [0.4, 0.5) is 0 Å². The quantitative estimate of drug-likeness (QED) is 0.717. The largest absolute Gasteiger partial charge is 0.361 e. The first-order valence-corrected chi connectivity index (χ1v) is 11.3. The molecule has 1 aromatic rings. The van der Waals surface area contributed by atoms with Gasteiger partial charge < -0.3 is 15.4 Å². The van der Waals surface area contributed by atoms with Crippen molar-refractivity contribution in [3.05, 3.63) is 34.9 Å². The van der Waals surface area contributed by atoms with Gasteiger partial charge in [0.25, 0.3) is 5.91 Å². The normalized spacial score (nSPS) is 25.4. The van der Waals surface area contributed by atoms with Crippen LogP contribution in [0.5, 0.6) is 0 Å². The number of benzene rings is 1. The van der Waals surface area contributed by atoms with Gasteiger partial charge >= 0.3 is 0 Å². The summed E-state index contributed by atoms with van der Waals surface area (Å²) in [6, 6.07) is 5.99. The summed E-state index contributed by atoms with van der Waals surface area (Å²) < 4.78 is 32.4. The van der Waals surface area contributed by atoms with Gasteiger partial charge in [0.05, 0.1) is 24.3 Å². The van der Waals surface area contributed by atoms with Crippen LogP contribution in [0, 0.1) is 19.8 Å². The molecule has 2 heterocycles. The molecule has 0 aliphatic carbocycles. The van der Waals surface area contributed by atoms with Crippen LogP contribution in [0.1, 0.15) is 30.5 Å². The standard InChI is InChI=1S/C20H29N3O5S/c1-13(2)29(26,27)23-11-17(20(12-23)19(25)21-7-8-28-20)18(24)22-10-16-9-14(3)5-6-15(16)4/h5-6,9,13,17H,7-8,10-12H2,1-4H3,(H,21,25)(H,22,24)/t17-,20-/m1/s1. The van der Waals surface area contributed by atoms with E-state index in [-0.39, 0.29) is 25.6 Å². The zero-order valence-corrected chi connectivity index (χ0v) is 18.1. The smallest absolute Gasteiger partial charge is 0.254 e. The van der Waals surface area contributed by atoms with Crippen LogP contribution in [0.2, 0.25) is 0 Å². The third-order valence-electron chi connectivity index (χ3n) is 5.72. The van der Waals surface area contributed by atoms with Gasteiger partial charge in [-0.05, 0) is 38.8 Å². The van der Waals surface area contributed by atoms with E-state index in [1.165, 1.54) is 4.31 Å². The van der Waals surface area contributed by atoms with E-state index in [0.717, 1.165) is 16.7 Å². The zero-order chi connectivity index (χ0) is 21.4. The van der Waals surface area contributed by atoms with Gasteiger partial charge in [0.1, 0.15) is 0 Å². The average molecular weight is 424 g/mol. The van der Waals surface area contributed by atoms with E-state index in [1.807, 2.05) is 32.0 Å². The summed E-state index contributed by atoms with van der Waals surface area (Å²) in [4.78, 5) is 25.8. The summed E-state index contributed by atoms with van der Waals surface area (Å²) in [5.41, 5.74) is 1.62. The molecule has 0 bridgehead atoms. The maximum Gasteiger partial charge on any atom is 0.254 e. The van der Waals surface area contributed by atoms with Crippen molar-refractivity contribution in [2.75, 3.05) is 26.2 Å². The summed E-state index contributed by atoms with van der Waals surface area (Å²) in [6.07, 6.45) is 0. The molecule has 2 aliphatic rings. The van der Waals surface area contributed by atoms with Crippen LogP contribution in [0.15, 0.2) is 18.2 Å². The number of aryl methyl sites for hydroxylation is 2. The number of morpholine rings is 1. The maximum absolute atomic E-state index is 13.1. The second-order valence-electron chi connectivity index (χ2n) is 8.08. The summed E-state index contributed by atoms with van der Waals surface area (Å²) in [6.45, 7) is 7.76. The molecule has 1 spiro atoms. The van der Waals surface area contributed by atoms with Crippen molar-refractivity contribution in [3.63, 3.8) is 0 Å². The first-order valence-electron chi connectivity index (χ1n) is 9.83. The third-order valence-corrected chi connectivity index (χ3v) is 7.91. The highest BCUT2D eigenvalue weighted by Gasteiger charge is 2.59. The Kier molecular flexibility index (Phi) is 6.03. The number of hydrogen-bond acceptors (Lipinski definition) is 5. The fourth-order valence-corrected chi connectivity index (χ4v) is 5.18. The van der Waals surface area contributed by atoms with Crippen LogP contribution < -0.4 is 10.6 Å². The molecule has 1 aromatic carbocycles. The number of sulfonamides is 1. The molecule has 9 heteroatoms. The Balaban J connectivity index is 1.85. The first kappa shape index (κ1) is 21.7. The molecule has 2 N–H and O–H groups in total. The van der Waals surface area contributed by atoms with Crippen molar-refractivity contribution in [3.8, 4) is 0 Å². The summed E-state index contributed by atoms with van der Waals surface area (Å²) in [5.74, 6) is -1.73. The number of rotatable bonds is 5.